The molecular formula is C16H22N4. The van der Waals surface area contributed by atoms with Crippen LogP contribution in [0.25, 0.3) is 0 Å². The number of nitrogens with one attached hydrogen (secondary N) is 1. The Morgan fingerprint density at radius 1 is 1.30 bits per heavy atom. The third-order valence-corrected chi connectivity index (χ3v) is 4.04. The molecule has 2 aromatic rings. The van der Waals surface area contributed by atoms with Gasteiger partial charge in [0.1, 0.15) is 11.6 Å². The van der Waals surface area contributed by atoms with Gasteiger partial charge in [0.25, 0.3) is 0 Å². The van der Waals surface area contributed by atoms with Crippen LogP contribution in [-0.2, 0) is 6.42 Å². The van der Waals surface area contributed by atoms with E-state index in [1.54, 1.807) is 0 Å². The summed E-state index contributed by atoms with van der Waals surface area (Å²) in [6.07, 6.45) is 2.17. The zero-order valence-electron chi connectivity index (χ0n) is 12.4. The van der Waals surface area contributed by atoms with Crippen LogP contribution in [0.4, 0.5) is 0 Å². The molecule has 0 spiro atoms. The molecule has 1 heterocycles. The van der Waals surface area contributed by atoms with Gasteiger partial charge >= 0.3 is 0 Å². The van der Waals surface area contributed by atoms with E-state index in [2.05, 4.69) is 51.3 Å². The van der Waals surface area contributed by atoms with Crippen molar-refractivity contribution in [3.63, 3.8) is 0 Å². The molecule has 0 bridgehead atoms. The molecule has 0 saturated heterocycles. The first-order valence-corrected chi connectivity index (χ1v) is 7.41. The van der Waals surface area contributed by atoms with E-state index in [-0.39, 0.29) is 0 Å². The minimum Gasteiger partial charge on any atom is -0.308 e. The van der Waals surface area contributed by atoms with E-state index >= 15 is 0 Å². The molecule has 20 heavy (non-hydrogen) atoms. The first-order chi connectivity index (χ1) is 9.70. The van der Waals surface area contributed by atoms with Crippen molar-refractivity contribution in [1.29, 1.82) is 0 Å². The number of benzene rings is 1. The molecule has 2 atom stereocenters. The van der Waals surface area contributed by atoms with E-state index in [4.69, 9.17) is 0 Å². The van der Waals surface area contributed by atoms with E-state index < -0.39 is 0 Å². The molecule has 0 fully saturated rings. The SMILES string of the molecule is CCCNC1c2ccccc2CC1n1nc(C)nc1C. The second kappa shape index (κ2) is 5.37. The summed E-state index contributed by atoms with van der Waals surface area (Å²) in [7, 11) is 0. The normalized spacial score (nSPS) is 21.1. The second-order valence-corrected chi connectivity index (χ2v) is 5.55. The van der Waals surface area contributed by atoms with Crippen LogP contribution in [0.1, 0.15) is 48.2 Å². The summed E-state index contributed by atoms with van der Waals surface area (Å²) in [6, 6.07) is 9.39. The summed E-state index contributed by atoms with van der Waals surface area (Å²) in [5.74, 6) is 1.86. The maximum atomic E-state index is 4.60. The number of aryl methyl sites for hydroxylation is 2. The highest BCUT2D eigenvalue weighted by Gasteiger charge is 2.34. The average Bonchev–Trinajstić information content (AvgIpc) is 2.96. The van der Waals surface area contributed by atoms with Crippen LogP contribution < -0.4 is 5.32 Å². The highest BCUT2D eigenvalue weighted by atomic mass is 15.4. The number of aromatic nitrogens is 3. The van der Waals surface area contributed by atoms with Crippen molar-refractivity contribution >= 4 is 0 Å². The summed E-state index contributed by atoms with van der Waals surface area (Å²) in [5.41, 5.74) is 2.84. The Kier molecular flexibility index (Phi) is 3.57. The Morgan fingerprint density at radius 3 is 2.80 bits per heavy atom. The zero-order chi connectivity index (χ0) is 14.1. The van der Waals surface area contributed by atoms with Crippen LogP contribution in [0, 0.1) is 13.8 Å². The van der Waals surface area contributed by atoms with Crippen molar-refractivity contribution in [2.75, 3.05) is 6.54 Å². The van der Waals surface area contributed by atoms with Crippen LogP contribution in [0.15, 0.2) is 24.3 Å². The standard InChI is InChI=1S/C16H22N4/c1-4-9-17-16-14-8-6-5-7-13(14)10-15(16)20-12(3)18-11(2)19-20/h5-8,15-17H,4,9-10H2,1-3H3. The lowest BCUT2D eigenvalue weighted by molar-refractivity contribution is 0.348. The number of hydrogen-bond acceptors (Lipinski definition) is 3. The van der Waals surface area contributed by atoms with Crippen molar-refractivity contribution in [3.8, 4) is 0 Å². The minimum atomic E-state index is 0.333. The number of nitrogens with zero attached hydrogens (tertiary/aromatic N) is 3. The fraction of sp³-hybridized carbons (Fsp3) is 0.500. The number of rotatable bonds is 4. The quantitative estimate of drug-likeness (QED) is 0.929. The van der Waals surface area contributed by atoms with Gasteiger partial charge < -0.3 is 5.32 Å². The zero-order valence-corrected chi connectivity index (χ0v) is 12.4. The maximum absolute atomic E-state index is 4.60. The lowest BCUT2D eigenvalue weighted by atomic mass is 10.1. The molecule has 0 radical (unpaired) electrons. The Bertz CT molecular complexity index is 602. The lowest BCUT2D eigenvalue weighted by Gasteiger charge is -2.22. The van der Waals surface area contributed by atoms with E-state index in [0.29, 0.717) is 12.1 Å². The van der Waals surface area contributed by atoms with Gasteiger partial charge in [0.2, 0.25) is 0 Å². The topological polar surface area (TPSA) is 42.7 Å². The molecule has 3 rings (SSSR count). The Balaban J connectivity index is 1.97. The first kappa shape index (κ1) is 13.3. The average molecular weight is 270 g/mol. The predicted octanol–water partition coefficient (Wildman–Crippen LogP) is 2.73. The molecule has 2 unspecified atom stereocenters. The van der Waals surface area contributed by atoms with Gasteiger partial charge in [-0.05, 0) is 44.4 Å². The van der Waals surface area contributed by atoms with Gasteiger partial charge in [0.15, 0.2) is 0 Å². The smallest absolute Gasteiger partial charge is 0.147 e. The summed E-state index contributed by atoms with van der Waals surface area (Å²) in [6.45, 7) is 7.23. The van der Waals surface area contributed by atoms with E-state index in [9.17, 15) is 0 Å². The van der Waals surface area contributed by atoms with E-state index in [0.717, 1.165) is 31.0 Å². The molecule has 1 N–H and O–H groups in total. The Hall–Kier alpha value is -1.68. The summed E-state index contributed by atoms with van der Waals surface area (Å²) >= 11 is 0. The molecule has 4 heteroatoms. The second-order valence-electron chi connectivity index (χ2n) is 5.55. The van der Waals surface area contributed by atoms with Crippen molar-refractivity contribution in [2.45, 2.75) is 45.7 Å². The van der Waals surface area contributed by atoms with Gasteiger partial charge in [-0.1, -0.05) is 31.2 Å². The molecule has 0 saturated carbocycles. The van der Waals surface area contributed by atoms with Gasteiger partial charge in [-0.3, -0.25) is 0 Å². The summed E-state index contributed by atoms with van der Waals surface area (Å²) in [5, 5.41) is 8.28. The molecule has 1 aliphatic carbocycles. The third kappa shape index (κ3) is 2.24. The maximum Gasteiger partial charge on any atom is 0.147 e. The Morgan fingerprint density at radius 2 is 2.10 bits per heavy atom. The molecule has 0 aliphatic heterocycles. The van der Waals surface area contributed by atoms with E-state index in [1.165, 1.54) is 11.1 Å². The Labute approximate surface area is 120 Å². The van der Waals surface area contributed by atoms with Crippen LogP contribution in [0.3, 0.4) is 0 Å². The molecule has 1 aliphatic rings. The lowest BCUT2D eigenvalue weighted by Crippen LogP contribution is -2.29. The molecule has 4 nitrogen and oxygen atoms in total. The van der Waals surface area contributed by atoms with Gasteiger partial charge in [-0.15, -0.1) is 0 Å². The van der Waals surface area contributed by atoms with Crippen molar-refractivity contribution in [3.05, 3.63) is 47.0 Å². The summed E-state index contributed by atoms with van der Waals surface area (Å²) < 4.78 is 2.10. The van der Waals surface area contributed by atoms with Gasteiger partial charge in [0.05, 0.1) is 12.1 Å². The monoisotopic (exact) mass is 270 g/mol. The predicted molar refractivity (Wildman–Crippen MR) is 79.7 cm³/mol. The highest BCUT2D eigenvalue weighted by molar-refractivity contribution is 5.36. The third-order valence-electron chi connectivity index (χ3n) is 4.04. The van der Waals surface area contributed by atoms with Gasteiger partial charge in [0, 0.05) is 0 Å². The first-order valence-electron chi connectivity index (χ1n) is 7.41. The van der Waals surface area contributed by atoms with Crippen LogP contribution in [0.5, 0.6) is 0 Å². The fourth-order valence-electron chi connectivity index (χ4n) is 3.20. The van der Waals surface area contributed by atoms with Crippen LogP contribution in [-0.4, -0.2) is 21.3 Å². The van der Waals surface area contributed by atoms with Crippen molar-refractivity contribution < 1.29 is 0 Å². The van der Waals surface area contributed by atoms with Gasteiger partial charge in [-0.2, -0.15) is 5.10 Å². The molecule has 1 aromatic heterocycles. The fourth-order valence-corrected chi connectivity index (χ4v) is 3.20. The molecule has 1 aromatic carbocycles. The van der Waals surface area contributed by atoms with E-state index in [1.807, 2.05) is 13.8 Å². The van der Waals surface area contributed by atoms with Crippen molar-refractivity contribution in [1.82, 2.24) is 20.1 Å². The minimum absolute atomic E-state index is 0.333. The highest BCUT2D eigenvalue weighted by Crippen LogP contribution is 2.39. The van der Waals surface area contributed by atoms with Gasteiger partial charge in [-0.25, -0.2) is 9.67 Å². The molecule has 106 valence electrons. The molecule has 0 amide bonds. The number of hydrogen-bond donors (Lipinski definition) is 1. The van der Waals surface area contributed by atoms with Crippen LogP contribution >= 0.6 is 0 Å². The van der Waals surface area contributed by atoms with Crippen LogP contribution in [0.2, 0.25) is 0 Å². The molecular weight excluding hydrogens is 248 g/mol. The number of fused-ring (bicyclic) bond motifs is 1. The van der Waals surface area contributed by atoms with Crippen molar-refractivity contribution in [2.24, 2.45) is 0 Å². The largest absolute Gasteiger partial charge is 0.308 e. The summed E-state index contributed by atoms with van der Waals surface area (Å²) in [4.78, 5) is 4.46.